The number of rotatable bonds is 42. The molecule has 0 aliphatic carbocycles. The van der Waals surface area contributed by atoms with Gasteiger partial charge in [0.25, 0.3) is 0 Å². The first-order chi connectivity index (χ1) is 25.1. The quantitative estimate of drug-likeness (QED) is 0.0283. The molecule has 0 rings (SSSR count). The molecule has 0 bridgehead atoms. The van der Waals surface area contributed by atoms with Crippen LogP contribution in [0.5, 0.6) is 0 Å². The highest BCUT2D eigenvalue weighted by molar-refractivity contribution is 5.72. The second-order valence-corrected chi connectivity index (χ2v) is 15.6. The molecule has 6 nitrogen and oxygen atoms in total. The summed E-state index contributed by atoms with van der Waals surface area (Å²) in [5.41, 5.74) is 5.84. The van der Waals surface area contributed by atoms with Crippen molar-refractivity contribution < 1.29 is 14.3 Å². The Labute approximate surface area is 319 Å². The van der Waals surface area contributed by atoms with Crippen LogP contribution in [0.4, 0.5) is 0 Å². The maximum Gasteiger partial charge on any atom is 0.306 e. The van der Waals surface area contributed by atoms with E-state index in [4.69, 9.17) is 20.6 Å². The SMILES string of the molecule is CCCCCCCCCOC(=N)CCCCCCCN(CCCN)CCCCCCCC(=O)OC(CCCCCCCC)CCCCCCCC. The van der Waals surface area contributed by atoms with Gasteiger partial charge in [-0.1, -0.05) is 162 Å². The molecule has 51 heavy (non-hydrogen) atoms. The van der Waals surface area contributed by atoms with Crippen LogP contribution < -0.4 is 5.73 Å². The molecule has 0 aromatic rings. The van der Waals surface area contributed by atoms with Gasteiger partial charge in [0.15, 0.2) is 5.90 Å². The lowest BCUT2D eigenvalue weighted by Gasteiger charge is -2.22. The monoisotopic (exact) mass is 722 g/mol. The van der Waals surface area contributed by atoms with E-state index >= 15 is 0 Å². The first kappa shape index (κ1) is 49.9. The predicted molar refractivity (Wildman–Crippen MR) is 223 cm³/mol. The summed E-state index contributed by atoms with van der Waals surface area (Å²) in [7, 11) is 0. The third-order valence-corrected chi connectivity index (χ3v) is 10.5. The summed E-state index contributed by atoms with van der Waals surface area (Å²) in [6.45, 7) is 11.7. The van der Waals surface area contributed by atoms with E-state index in [1.54, 1.807) is 0 Å². The van der Waals surface area contributed by atoms with Crippen LogP contribution in [-0.4, -0.2) is 55.7 Å². The van der Waals surface area contributed by atoms with Crippen molar-refractivity contribution in [2.24, 2.45) is 5.73 Å². The highest BCUT2D eigenvalue weighted by Crippen LogP contribution is 2.18. The number of unbranched alkanes of at least 4 members (excludes halogenated alkanes) is 24. The molecule has 0 aromatic heterocycles. The Morgan fingerprint density at radius 3 is 1.39 bits per heavy atom. The van der Waals surface area contributed by atoms with Gasteiger partial charge in [-0.2, -0.15) is 0 Å². The molecular formula is C45H91N3O3. The van der Waals surface area contributed by atoms with E-state index < -0.39 is 0 Å². The van der Waals surface area contributed by atoms with Gasteiger partial charge in [-0.05, 0) is 90.4 Å². The van der Waals surface area contributed by atoms with E-state index in [0.29, 0.717) is 12.3 Å². The molecule has 0 unspecified atom stereocenters. The van der Waals surface area contributed by atoms with Gasteiger partial charge in [0.05, 0.1) is 6.61 Å². The lowest BCUT2D eigenvalue weighted by Crippen LogP contribution is -2.28. The Kier molecular flexibility index (Phi) is 40.7. The highest BCUT2D eigenvalue weighted by Gasteiger charge is 2.14. The van der Waals surface area contributed by atoms with Crippen molar-refractivity contribution in [3.63, 3.8) is 0 Å². The zero-order valence-electron chi connectivity index (χ0n) is 34.9. The van der Waals surface area contributed by atoms with Gasteiger partial charge in [0.1, 0.15) is 6.10 Å². The van der Waals surface area contributed by atoms with Crippen molar-refractivity contribution in [1.82, 2.24) is 4.90 Å². The molecule has 0 saturated heterocycles. The van der Waals surface area contributed by atoms with Crippen molar-refractivity contribution in [3.05, 3.63) is 0 Å². The summed E-state index contributed by atoms with van der Waals surface area (Å²) in [6.07, 6.45) is 41.0. The fourth-order valence-electron chi connectivity index (χ4n) is 7.08. The van der Waals surface area contributed by atoms with Crippen molar-refractivity contribution in [3.8, 4) is 0 Å². The number of nitrogens with two attached hydrogens (primary N) is 1. The minimum atomic E-state index is 0.0373. The Morgan fingerprint density at radius 2 is 0.902 bits per heavy atom. The summed E-state index contributed by atoms with van der Waals surface area (Å²) in [4.78, 5) is 15.3. The van der Waals surface area contributed by atoms with E-state index in [1.807, 2.05) is 0 Å². The molecule has 0 amide bonds. The average molecular weight is 722 g/mol. The maximum atomic E-state index is 12.7. The second-order valence-electron chi connectivity index (χ2n) is 15.6. The number of carbonyl (C=O) groups excluding carboxylic acids is 1. The molecular weight excluding hydrogens is 631 g/mol. The van der Waals surface area contributed by atoms with Gasteiger partial charge >= 0.3 is 5.97 Å². The fourth-order valence-corrected chi connectivity index (χ4v) is 7.08. The van der Waals surface area contributed by atoms with Crippen LogP contribution in [0.1, 0.15) is 239 Å². The van der Waals surface area contributed by atoms with Crippen LogP contribution in [0.3, 0.4) is 0 Å². The number of hydrogen-bond donors (Lipinski definition) is 2. The second kappa shape index (κ2) is 41.6. The van der Waals surface area contributed by atoms with Crippen molar-refractivity contribution in [2.75, 3.05) is 32.8 Å². The first-order valence-electron chi connectivity index (χ1n) is 22.9. The van der Waals surface area contributed by atoms with E-state index in [0.717, 1.165) is 77.6 Å². The summed E-state index contributed by atoms with van der Waals surface area (Å²) in [5.74, 6) is 0.524. The molecule has 3 N–H and O–H groups in total. The fraction of sp³-hybridized carbons (Fsp3) is 0.956. The number of nitrogens with one attached hydrogen (secondary N) is 1. The number of hydrogen-bond acceptors (Lipinski definition) is 6. The maximum absolute atomic E-state index is 12.7. The topological polar surface area (TPSA) is 88.6 Å². The Bertz CT molecular complexity index is 703. The molecule has 0 atom stereocenters. The minimum absolute atomic E-state index is 0.0373. The van der Waals surface area contributed by atoms with Gasteiger partial charge in [-0.25, -0.2) is 0 Å². The normalized spacial score (nSPS) is 11.6. The van der Waals surface area contributed by atoms with Crippen molar-refractivity contribution in [1.29, 1.82) is 5.41 Å². The molecule has 0 aromatic carbocycles. The van der Waals surface area contributed by atoms with Crippen LogP contribution in [-0.2, 0) is 14.3 Å². The molecule has 0 aliphatic rings. The van der Waals surface area contributed by atoms with E-state index in [9.17, 15) is 4.79 Å². The number of esters is 1. The predicted octanol–water partition coefficient (Wildman–Crippen LogP) is 13.5. The lowest BCUT2D eigenvalue weighted by atomic mass is 10.0. The number of ether oxygens (including phenoxy) is 2. The van der Waals surface area contributed by atoms with E-state index in [2.05, 4.69) is 25.7 Å². The van der Waals surface area contributed by atoms with Gasteiger partial charge in [0, 0.05) is 12.8 Å². The van der Waals surface area contributed by atoms with Gasteiger partial charge in [0.2, 0.25) is 0 Å². The Hall–Kier alpha value is -1.14. The Balaban J connectivity index is 4.02. The molecule has 304 valence electrons. The van der Waals surface area contributed by atoms with Crippen molar-refractivity contribution >= 4 is 11.9 Å². The lowest BCUT2D eigenvalue weighted by molar-refractivity contribution is -0.150. The van der Waals surface area contributed by atoms with E-state index in [-0.39, 0.29) is 12.1 Å². The van der Waals surface area contributed by atoms with Crippen LogP contribution in [0.2, 0.25) is 0 Å². The van der Waals surface area contributed by atoms with Crippen LogP contribution in [0.25, 0.3) is 0 Å². The third kappa shape index (κ3) is 38.4. The summed E-state index contributed by atoms with van der Waals surface area (Å²) in [6, 6.07) is 0. The molecule has 0 saturated carbocycles. The molecule has 0 aliphatic heterocycles. The molecule has 6 heteroatoms. The Morgan fingerprint density at radius 1 is 0.510 bits per heavy atom. The number of carbonyl (C=O) groups is 1. The highest BCUT2D eigenvalue weighted by atomic mass is 16.5. The van der Waals surface area contributed by atoms with Gasteiger partial charge < -0.3 is 20.1 Å². The van der Waals surface area contributed by atoms with Gasteiger partial charge in [-0.3, -0.25) is 10.2 Å². The average Bonchev–Trinajstić information content (AvgIpc) is 3.13. The number of nitrogens with zero attached hydrogens (tertiary/aromatic N) is 1. The van der Waals surface area contributed by atoms with Crippen LogP contribution in [0.15, 0.2) is 0 Å². The van der Waals surface area contributed by atoms with Crippen LogP contribution in [0, 0.1) is 5.41 Å². The summed E-state index contributed by atoms with van der Waals surface area (Å²) in [5, 5.41) is 8.08. The molecule has 0 spiro atoms. The smallest absolute Gasteiger partial charge is 0.306 e. The largest absolute Gasteiger partial charge is 0.481 e. The van der Waals surface area contributed by atoms with Crippen molar-refractivity contribution in [2.45, 2.75) is 245 Å². The standard InChI is InChI=1S/C45H91N3O3/c1-4-7-10-13-16-25-32-42-50-44(47)36-28-21-17-23-30-39-48(41-33-38-46)40-31-24-18-22-29-37-45(49)51-43(34-26-19-14-11-8-5-2)35-27-20-15-12-9-6-3/h43,47H,4-42,46H2,1-3H3. The summed E-state index contributed by atoms with van der Waals surface area (Å²) < 4.78 is 11.7. The molecule has 0 radical (unpaired) electrons. The molecule has 0 fully saturated rings. The summed E-state index contributed by atoms with van der Waals surface area (Å²) >= 11 is 0. The zero-order chi connectivity index (χ0) is 37.3. The zero-order valence-corrected chi connectivity index (χ0v) is 34.9. The molecule has 0 heterocycles. The van der Waals surface area contributed by atoms with Gasteiger partial charge in [-0.15, -0.1) is 0 Å². The van der Waals surface area contributed by atoms with Crippen LogP contribution >= 0.6 is 0 Å². The first-order valence-corrected chi connectivity index (χ1v) is 22.9. The minimum Gasteiger partial charge on any atom is -0.481 e. The van der Waals surface area contributed by atoms with E-state index in [1.165, 1.54) is 167 Å². The third-order valence-electron chi connectivity index (χ3n) is 10.5.